The number of ether oxygens (including phenoxy) is 1. The molecule has 0 radical (unpaired) electrons. The highest BCUT2D eigenvalue weighted by Crippen LogP contribution is 2.27. The fourth-order valence-electron chi connectivity index (χ4n) is 1.65. The van der Waals surface area contributed by atoms with Gasteiger partial charge in [-0.25, -0.2) is 4.99 Å². The summed E-state index contributed by atoms with van der Waals surface area (Å²) in [6, 6.07) is 7.29. The Hall–Kier alpha value is -2.24. The summed E-state index contributed by atoms with van der Waals surface area (Å²) in [6.07, 6.45) is 2.43. The van der Waals surface area contributed by atoms with Gasteiger partial charge < -0.3 is 21.1 Å². The second-order valence-electron chi connectivity index (χ2n) is 4.80. The maximum Gasteiger partial charge on any atom is 0.241 e. The average Bonchev–Trinajstić information content (AvgIpc) is 3.28. The third kappa shape index (κ3) is 4.79. The van der Waals surface area contributed by atoms with Crippen molar-refractivity contribution in [3.63, 3.8) is 0 Å². The molecule has 1 fully saturated rings. The Labute approximate surface area is 118 Å². The number of methoxy groups -OCH3 is 1. The van der Waals surface area contributed by atoms with Gasteiger partial charge in [0.15, 0.2) is 5.96 Å². The molecule has 1 amide bonds. The number of nitrogens with zero attached hydrogens (tertiary/aromatic N) is 1. The van der Waals surface area contributed by atoms with Crippen LogP contribution in [-0.4, -0.2) is 32.1 Å². The van der Waals surface area contributed by atoms with E-state index >= 15 is 0 Å². The van der Waals surface area contributed by atoms with Crippen molar-refractivity contribution >= 4 is 17.6 Å². The van der Waals surface area contributed by atoms with Gasteiger partial charge in [0.1, 0.15) is 12.3 Å². The summed E-state index contributed by atoms with van der Waals surface area (Å²) in [6.45, 7) is 0.794. The molecule has 1 aromatic carbocycles. The molecule has 1 aliphatic rings. The molecule has 0 saturated heterocycles. The molecular weight excluding hydrogens is 256 g/mol. The van der Waals surface area contributed by atoms with E-state index in [1.165, 1.54) is 12.8 Å². The SMILES string of the molecule is COc1ccc(NC(N)=NCC(=O)NCC2CC2)cc1. The van der Waals surface area contributed by atoms with E-state index in [9.17, 15) is 4.79 Å². The minimum Gasteiger partial charge on any atom is -0.497 e. The van der Waals surface area contributed by atoms with E-state index in [0.29, 0.717) is 5.92 Å². The van der Waals surface area contributed by atoms with Gasteiger partial charge in [-0.3, -0.25) is 4.79 Å². The zero-order valence-corrected chi connectivity index (χ0v) is 11.6. The first-order chi connectivity index (χ1) is 9.67. The molecule has 0 unspecified atom stereocenters. The van der Waals surface area contributed by atoms with E-state index in [4.69, 9.17) is 10.5 Å². The van der Waals surface area contributed by atoms with E-state index in [-0.39, 0.29) is 18.4 Å². The molecular formula is C14H20N4O2. The lowest BCUT2D eigenvalue weighted by Crippen LogP contribution is -2.30. The zero-order chi connectivity index (χ0) is 14.4. The van der Waals surface area contributed by atoms with Gasteiger partial charge in [-0.05, 0) is 43.0 Å². The number of amides is 1. The molecule has 1 aromatic rings. The van der Waals surface area contributed by atoms with Crippen LogP contribution in [0.3, 0.4) is 0 Å². The Bertz CT molecular complexity index is 480. The van der Waals surface area contributed by atoms with E-state index in [2.05, 4.69) is 15.6 Å². The molecule has 0 heterocycles. The fourth-order valence-corrected chi connectivity index (χ4v) is 1.65. The second kappa shape index (κ2) is 6.79. The number of carbonyl (C=O) groups is 1. The maximum atomic E-state index is 11.5. The molecule has 2 rings (SSSR count). The van der Waals surface area contributed by atoms with Crippen molar-refractivity contribution in [1.29, 1.82) is 0 Å². The van der Waals surface area contributed by atoms with Crippen molar-refractivity contribution in [2.75, 3.05) is 25.5 Å². The first-order valence-corrected chi connectivity index (χ1v) is 6.65. The van der Waals surface area contributed by atoms with E-state index in [0.717, 1.165) is 18.0 Å². The van der Waals surface area contributed by atoms with E-state index in [1.54, 1.807) is 7.11 Å². The quantitative estimate of drug-likeness (QED) is 0.533. The molecule has 108 valence electrons. The number of anilines is 1. The topological polar surface area (TPSA) is 88.7 Å². The normalized spacial score (nSPS) is 14.8. The molecule has 0 bridgehead atoms. The van der Waals surface area contributed by atoms with Crippen LogP contribution < -0.4 is 21.1 Å². The standard InChI is InChI=1S/C14H20N4O2/c1-20-12-6-4-11(5-7-12)18-14(15)17-9-13(19)16-8-10-2-3-10/h4-7,10H,2-3,8-9H2,1H3,(H,16,19)(H3,15,17,18). The lowest BCUT2D eigenvalue weighted by atomic mass is 10.3. The number of carbonyl (C=O) groups excluding carboxylic acids is 1. The Morgan fingerprint density at radius 2 is 2.10 bits per heavy atom. The highest BCUT2D eigenvalue weighted by atomic mass is 16.5. The minimum absolute atomic E-state index is 0.0434. The van der Waals surface area contributed by atoms with Crippen molar-refractivity contribution in [1.82, 2.24) is 5.32 Å². The number of nitrogens with two attached hydrogens (primary N) is 1. The largest absolute Gasteiger partial charge is 0.497 e. The van der Waals surface area contributed by atoms with Crippen molar-refractivity contribution < 1.29 is 9.53 Å². The van der Waals surface area contributed by atoms with Crippen LogP contribution in [0.1, 0.15) is 12.8 Å². The van der Waals surface area contributed by atoms with E-state index < -0.39 is 0 Å². The predicted octanol–water partition coefficient (Wildman–Crippen LogP) is 0.948. The first kappa shape index (κ1) is 14.2. The summed E-state index contributed by atoms with van der Waals surface area (Å²) < 4.78 is 5.06. The van der Waals surface area contributed by atoms with Crippen molar-refractivity contribution in [3.05, 3.63) is 24.3 Å². The van der Waals surface area contributed by atoms with Crippen molar-refractivity contribution in [2.24, 2.45) is 16.6 Å². The molecule has 0 aliphatic heterocycles. The fraction of sp³-hybridized carbons (Fsp3) is 0.429. The van der Waals surface area contributed by atoms with Gasteiger partial charge in [0, 0.05) is 12.2 Å². The van der Waals surface area contributed by atoms with Crippen LogP contribution in [0, 0.1) is 5.92 Å². The summed E-state index contributed by atoms with van der Waals surface area (Å²) >= 11 is 0. The minimum atomic E-state index is -0.101. The monoisotopic (exact) mass is 276 g/mol. The van der Waals surface area contributed by atoms with Crippen LogP contribution in [0.5, 0.6) is 5.75 Å². The Morgan fingerprint density at radius 3 is 2.70 bits per heavy atom. The number of hydrogen-bond donors (Lipinski definition) is 3. The molecule has 1 saturated carbocycles. The summed E-state index contributed by atoms with van der Waals surface area (Å²) in [5.74, 6) is 1.55. The highest BCUT2D eigenvalue weighted by molar-refractivity contribution is 5.93. The smallest absolute Gasteiger partial charge is 0.241 e. The number of rotatable bonds is 6. The average molecular weight is 276 g/mol. The molecule has 1 aliphatic carbocycles. The predicted molar refractivity (Wildman–Crippen MR) is 78.8 cm³/mol. The number of hydrogen-bond acceptors (Lipinski definition) is 3. The Morgan fingerprint density at radius 1 is 1.40 bits per heavy atom. The van der Waals surface area contributed by atoms with Gasteiger partial charge in [0.2, 0.25) is 5.91 Å². The van der Waals surface area contributed by atoms with Crippen molar-refractivity contribution in [2.45, 2.75) is 12.8 Å². The number of benzene rings is 1. The maximum absolute atomic E-state index is 11.5. The van der Waals surface area contributed by atoms with Gasteiger partial charge in [0.05, 0.1) is 7.11 Å². The van der Waals surface area contributed by atoms with Gasteiger partial charge in [-0.15, -0.1) is 0 Å². The van der Waals surface area contributed by atoms with E-state index in [1.807, 2.05) is 24.3 Å². The summed E-state index contributed by atoms with van der Waals surface area (Å²) in [4.78, 5) is 15.5. The molecule has 6 nitrogen and oxygen atoms in total. The second-order valence-corrected chi connectivity index (χ2v) is 4.80. The summed E-state index contributed by atoms with van der Waals surface area (Å²) in [5.41, 5.74) is 6.52. The van der Waals surface area contributed by atoms with Gasteiger partial charge >= 0.3 is 0 Å². The zero-order valence-electron chi connectivity index (χ0n) is 11.6. The Kier molecular flexibility index (Phi) is 4.81. The van der Waals surface area contributed by atoms with Crippen LogP contribution >= 0.6 is 0 Å². The Balaban J connectivity index is 1.75. The van der Waals surface area contributed by atoms with Crippen LogP contribution in [0.15, 0.2) is 29.3 Å². The highest BCUT2D eigenvalue weighted by Gasteiger charge is 2.21. The molecule has 4 N–H and O–H groups in total. The van der Waals surface area contributed by atoms with Crippen molar-refractivity contribution in [3.8, 4) is 5.75 Å². The third-order valence-corrected chi connectivity index (χ3v) is 3.04. The molecule has 0 aromatic heterocycles. The van der Waals surface area contributed by atoms with Crippen LogP contribution in [0.25, 0.3) is 0 Å². The lowest BCUT2D eigenvalue weighted by Gasteiger charge is -2.07. The van der Waals surface area contributed by atoms with Crippen LogP contribution in [0.4, 0.5) is 5.69 Å². The van der Waals surface area contributed by atoms with Crippen LogP contribution in [0.2, 0.25) is 0 Å². The van der Waals surface area contributed by atoms with Gasteiger partial charge in [-0.1, -0.05) is 0 Å². The third-order valence-electron chi connectivity index (χ3n) is 3.04. The summed E-state index contributed by atoms with van der Waals surface area (Å²) in [5, 5.41) is 5.75. The first-order valence-electron chi connectivity index (χ1n) is 6.65. The number of guanidine groups is 1. The molecule has 0 atom stereocenters. The summed E-state index contributed by atoms with van der Waals surface area (Å²) in [7, 11) is 1.61. The van der Waals surface area contributed by atoms with Gasteiger partial charge in [-0.2, -0.15) is 0 Å². The molecule has 6 heteroatoms. The number of aliphatic imine (C=N–C) groups is 1. The number of nitrogens with one attached hydrogen (secondary N) is 2. The van der Waals surface area contributed by atoms with Crippen LogP contribution in [-0.2, 0) is 4.79 Å². The lowest BCUT2D eigenvalue weighted by molar-refractivity contribution is -0.119. The van der Waals surface area contributed by atoms with Gasteiger partial charge in [0.25, 0.3) is 0 Å². The molecule has 0 spiro atoms. The molecule has 20 heavy (non-hydrogen) atoms.